The molecule has 0 radical (unpaired) electrons. The molecule has 1 saturated carbocycles. The van der Waals surface area contributed by atoms with Gasteiger partial charge in [0, 0.05) is 32.1 Å². The van der Waals surface area contributed by atoms with E-state index in [9.17, 15) is 13.2 Å². The second-order valence-corrected chi connectivity index (χ2v) is 8.82. The molecule has 1 atom stereocenters. The van der Waals surface area contributed by atoms with Crippen LogP contribution in [0.1, 0.15) is 38.5 Å². The Morgan fingerprint density at radius 2 is 1.86 bits per heavy atom. The number of piperidine rings is 1. The van der Waals surface area contributed by atoms with Crippen molar-refractivity contribution in [3.8, 4) is 0 Å². The van der Waals surface area contributed by atoms with E-state index in [0.717, 1.165) is 32.1 Å². The van der Waals surface area contributed by atoms with E-state index in [1.807, 2.05) is 19.0 Å². The molecule has 128 valence electrons. The molecule has 0 spiro atoms. The highest BCUT2D eigenvalue weighted by Gasteiger charge is 2.35. The molecule has 0 aromatic carbocycles. The molecular formula is C15H29N3O3S. The van der Waals surface area contributed by atoms with Gasteiger partial charge in [-0.15, -0.1) is 0 Å². The molecule has 1 aliphatic carbocycles. The Kier molecular flexibility index (Phi) is 6.23. The Morgan fingerprint density at radius 3 is 2.50 bits per heavy atom. The van der Waals surface area contributed by atoms with Crippen LogP contribution in [0, 0.1) is 5.92 Å². The van der Waals surface area contributed by atoms with Gasteiger partial charge in [0.25, 0.3) is 0 Å². The molecule has 2 fully saturated rings. The summed E-state index contributed by atoms with van der Waals surface area (Å²) in [6, 6.07) is 0. The summed E-state index contributed by atoms with van der Waals surface area (Å²) in [7, 11) is 0.488. The molecule has 1 unspecified atom stereocenters. The summed E-state index contributed by atoms with van der Waals surface area (Å²) in [5.41, 5.74) is 0. The summed E-state index contributed by atoms with van der Waals surface area (Å²) in [5, 5.41) is -0.464. The van der Waals surface area contributed by atoms with E-state index < -0.39 is 15.3 Å². The normalized spacial score (nSPS) is 24.1. The van der Waals surface area contributed by atoms with Crippen molar-refractivity contribution in [3.05, 3.63) is 0 Å². The van der Waals surface area contributed by atoms with Crippen LogP contribution in [0.5, 0.6) is 0 Å². The van der Waals surface area contributed by atoms with Gasteiger partial charge < -0.3 is 9.80 Å². The van der Waals surface area contributed by atoms with Crippen LogP contribution in [0.4, 0.5) is 0 Å². The molecule has 2 aliphatic rings. The Labute approximate surface area is 134 Å². The number of amides is 1. The maximum absolute atomic E-state index is 12.5. The first-order valence-electron chi connectivity index (χ1n) is 8.32. The number of carbonyl (C=O) groups excluding carboxylic acids is 1. The predicted octanol–water partition coefficient (Wildman–Crippen LogP) is 0.649. The quantitative estimate of drug-likeness (QED) is 0.776. The SMILES string of the molecule is CN(C)CCNS(=O)(=O)C1CCCN(C(=O)C2CCCC2)C1. The van der Waals surface area contributed by atoms with Crippen molar-refractivity contribution < 1.29 is 13.2 Å². The highest BCUT2D eigenvalue weighted by Crippen LogP contribution is 2.28. The molecule has 1 heterocycles. The number of likely N-dealkylation sites (N-methyl/N-ethyl adjacent to an activating group) is 1. The second kappa shape index (κ2) is 7.75. The maximum atomic E-state index is 12.5. The lowest BCUT2D eigenvalue weighted by Crippen LogP contribution is -2.50. The van der Waals surface area contributed by atoms with Crippen molar-refractivity contribution >= 4 is 15.9 Å². The first-order valence-corrected chi connectivity index (χ1v) is 9.87. The van der Waals surface area contributed by atoms with Crippen LogP contribution < -0.4 is 4.72 Å². The minimum Gasteiger partial charge on any atom is -0.341 e. The first-order chi connectivity index (χ1) is 10.4. The summed E-state index contributed by atoms with van der Waals surface area (Å²) in [5.74, 6) is 0.300. The van der Waals surface area contributed by atoms with Crippen molar-refractivity contribution in [3.63, 3.8) is 0 Å². The molecule has 6 nitrogen and oxygen atoms in total. The van der Waals surface area contributed by atoms with E-state index in [0.29, 0.717) is 32.6 Å². The van der Waals surface area contributed by atoms with E-state index in [1.54, 1.807) is 4.90 Å². The lowest BCUT2D eigenvalue weighted by Gasteiger charge is -2.34. The Hall–Kier alpha value is -0.660. The van der Waals surface area contributed by atoms with Gasteiger partial charge >= 0.3 is 0 Å². The van der Waals surface area contributed by atoms with Gasteiger partial charge in [0.05, 0.1) is 5.25 Å². The van der Waals surface area contributed by atoms with Gasteiger partial charge in [-0.25, -0.2) is 13.1 Å². The van der Waals surface area contributed by atoms with Crippen LogP contribution in [0.3, 0.4) is 0 Å². The zero-order chi connectivity index (χ0) is 16.2. The fraction of sp³-hybridized carbons (Fsp3) is 0.933. The third-order valence-corrected chi connectivity index (χ3v) is 6.56. The van der Waals surface area contributed by atoms with Gasteiger partial charge in [0.2, 0.25) is 15.9 Å². The van der Waals surface area contributed by atoms with E-state index in [-0.39, 0.29) is 11.8 Å². The number of rotatable bonds is 6. The number of hydrogen-bond acceptors (Lipinski definition) is 4. The summed E-state index contributed by atoms with van der Waals surface area (Å²) >= 11 is 0. The van der Waals surface area contributed by atoms with Gasteiger partial charge in [-0.1, -0.05) is 12.8 Å². The van der Waals surface area contributed by atoms with E-state index in [1.165, 1.54) is 0 Å². The summed E-state index contributed by atoms with van der Waals surface area (Å²) in [4.78, 5) is 16.2. The smallest absolute Gasteiger partial charge is 0.225 e. The third-order valence-electron chi connectivity index (χ3n) is 4.70. The number of carbonyl (C=O) groups is 1. The number of nitrogens with zero attached hydrogens (tertiary/aromatic N) is 2. The molecule has 1 amide bonds. The highest BCUT2D eigenvalue weighted by atomic mass is 32.2. The lowest BCUT2D eigenvalue weighted by molar-refractivity contribution is -0.136. The molecule has 0 aromatic rings. The molecule has 2 rings (SSSR count). The Bertz CT molecular complexity index is 472. The van der Waals surface area contributed by atoms with Crippen LogP contribution in [0.2, 0.25) is 0 Å². The molecule has 0 aromatic heterocycles. The molecule has 1 saturated heterocycles. The number of likely N-dealkylation sites (tertiary alicyclic amines) is 1. The van der Waals surface area contributed by atoms with Crippen LogP contribution in [-0.4, -0.2) is 69.6 Å². The van der Waals surface area contributed by atoms with Gasteiger partial charge in [-0.2, -0.15) is 0 Å². The van der Waals surface area contributed by atoms with E-state index in [2.05, 4.69) is 4.72 Å². The van der Waals surface area contributed by atoms with Crippen LogP contribution in [-0.2, 0) is 14.8 Å². The topological polar surface area (TPSA) is 69.7 Å². The predicted molar refractivity (Wildman–Crippen MR) is 87.0 cm³/mol. The van der Waals surface area contributed by atoms with Crippen molar-refractivity contribution in [1.29, 1.82) is 0 Å². The van der Waals surface area contributed by atoms with Crippen LogP contribution >= 0.6 is 0 Å². The number of sulfonamides is 1. The lowest BCUT2D eigenvalue weighted by atomic mass is 10.0. The fourth-order valence-corrected chi connectivity index (χ4v) is 4.82. The van der Waals surface area contributed by atoms with Crippen molar-refractivity contribution in [2.45, 2.75) is 43.8 Å². The third kappa shape index (κ3) is 4.67. The fourth-order valence-electron chi connectivity index (χ4n) is 3.35. The Morgan fingerprint density at radius 1 is 1.18 bits per heavy atom. The second-order valence-electron chi connectivity index (χ2n) is 6.77. The van der Waals surface area contributed by atoms with Crippen molar-refractivity contribution in [2.75, 3.05) is 40.3 Å². The number of hydrogen-bond donors (Lipinski definition) is 1. The van der Waals surface area contributed by atoms with Gasteiger partial charge in [-0.3, -0.25) is 4.79 Å². The van der Waals surface area contributed by atoms with Crippen LogP contribution in [0.15, 0.2) is 0 Å². The molecule has 0 bridgehead atoms. The van der Waals surface area contributed by atoms with Gasteiger partial charge in [0.15, 0.2) is 0 Å². The van der Waals surface area contributed by atoms with Gasteiger partial charge in [-0.05, 0) is 39.8 Å². The van der Waals surface area contributed by atoms with Gasteiger partial charge in [0.1, 0.15) is 0 Å². The maximum Gasteiger partial charge on any atom is 0.225 e. The minimum absolute atomic E-state index is 0.128. The average Bonchev–Trinajstić information content (AvgIpc) is 3.00. The zero-order valence-corrected chi connectivity index (χ0v) is 14.6. The minimum atomic E-state index is -3.34. The summed E-state index contributed by atoms with van der Waals surface area (Å²) in [6.07, 6.45) is 5.60. The average molecular weight is 331 g/mol. The van der Waals surface area contributed by atoms with E-state index >= 15 is 0 Å². The zero-order valence-electron chi connectivity index (χ0n) is 13.8. The molecule has 22 heavy (non-hydrogen) atoms. The largest absolute Gasteiger partial charge is 0.341 e. The first kappa shape index (κ1) is 17.7. The molecule has 1 N–H and O–H groups in total. The monoisotopic (exact) mass is 331 g/mol. The molecule has 7 heteroatoms. The highest BCUT2D eigenvalue weighted by molar-refractivity contribution is 7.90. The summed E-state index contributed by atoms with van der Waals surface area (Å²) in [6.45, 7) is 2.16. The summed E-state index contributed by atoms with van der Waals surface area (Å²) < 4.78 is 27.5. The molecule has 1 aliphatic heterocycles. The number of nitrogens with one attached hydrogen (secondary N) is 1. The van der Waals surface area contributed by atoms with E-state index in [4.69, 9.17) is 0 Å². The van der Waals surface area contributed by atoms with Crippen molar-refractivity contribution in [2.24, 2.45) is 5.92 Å². The molecular weight excluding hydrogens is 302 g/mol. The standard InChI is InChI=1S/C15H29N3O3S/c1-17(2)11-9-16-22(20,21)14-8-5-10-18(12-14)15(19)13-6-3-4-7-13/h13-14,16H,3-12H2,1-2H3. The Balaban J connectivity index is 1.90. The van der Waals surface area contributed by atoms with Crippen molar-refractivity contribution in [1.82, 2.24) is 14.5 Å². The van der Waals surface area contributed by atoms with Crippen LogP contribution in [0.25, 0.3) is 0 Å².